The van der Waals surface area contributed by atoms with E-state index in [9.17, 15) is 10.1 Å². The highest BCUT2D eigenvalue weighted by molar-refractivity contribution is 7.13. The SMILES string of the molecule is CCc1ccc(OCCOc2ccc(/C=C(/C#N)C(=O)Nc3nccs3)cc2Cl)cc1. The zero-order chi connectivity index (χ0) is 22.1. The number of aryl methyl sites for hydroxylation is 1. The summed E-state index contributed by atoms with van der Waals surface area (Å²) in [6, 6.07) is 14.9. The lowest BCUT2D eigenvalue weighted by Crippen LogP contribution is -2.13. The molecular formula is C23H20ClN3O3S. The van der Waals surface area contributed by atoms with E-state index >= 15 is 0 Å². The Morgan fingerprint density at radius 2 is 2.00 bits per heavy atom. The Bertz CT molecular complexity index is 1090. The van der Waals surface area contributed by atoms with Gasteiger partial charge in [0.1, 0.15) is 36.4 Å². The largest absolute Gasteiger partial charge is 0.490 e. The van der Waals surface area contributed by atoms with Crippen LogP contribution in [0.3, 0.4) is 0 Å². The number of thiazole rings is 1. The topological polar surface area (TPSA) is 84.2 Å². The van der Waals surface area contributed by atoms with Gasteiger partial charge in [0.15, 0.2) is 5.13 Å². The zero-order valence-corrected chi connectivity index (χ0v) is 18.4. The highest BCUT2D eigenvalue weighted by Crippen LogP contribution is 2.26. The van der Waals surface area contributed by atoms with Crippen LogP contribution in [0, 0.1) is 11.3 Å². The third-order valence-corrected chi connectivity index (χ3v) is 5.21. The van der Waals surface area contributed by atoms with Gasteiger partial charge in [-0.3, -0.25) is 10.1 Å². The van der Waals surface area contributed by atoms with Crippen molar-refractivity contribution in [2.24, 2.45) is 0 Å². The number of ether oxygens (including phenoxy) is 2. The normalized spacial score (nSPS) is 10.9. The van der Waals surface area contributed by atoms with E-state index in [1.165, 1.54) is 23.0 Å². The second-order valence-electron chi connectivity index (χ2n) is 6.35. The molecule has 8 heteroatoms. The minimum atomic E-state index is -0.530. The summed E-state index contributed by atoms with van der Waals surface area (Å²) < 4.78 is 11.3. The monoisotopic (exact) mass is 453 g/mol. The van der Waals surface area contributed by atoms with E-state index in [2.05, 4.69) is 17.2 Å². The molecule has 0 aliphatic heterocycles. The molecule has 158 valence electrons. The van der Waals surface area contributed by atoms with Crippen LogP contribution in [0.25, 0.3) is 6.08 Å². The van der Waals surface area contributed by atoms with E-state index in [1.807, 2.05) is 30.3 Å². The first-order chi connectivity index (χ1) is 15.1. The predicted molar refractivity (Wildman–Crippen MR) is 123 cm³/mol. The number of carbonyl (C=O) groups is 1. The van der Waals surface area contributed by atoms with Gasteiger partial charge in [-0.1, -0.05) is 36.7 Å². The third-order valence-electron chi connectivity index (χ3n) is 4.23. The molecular weight excluding hydrogens is 434 g/mol. The molecule has 0 aliphatic carbocycles. The highest BCUT2D eigenvalue weighted by atomic mass is 35.5. The number of hydrogen-bond donors (Lipinski definition) is 1. The molecule has 0 fully saturated rings. The number of carbonyl (C=O) groups excluding carboxylic acids is 1. The maximum atomic E-state index is 12.2. The van der Waals surface area contributed by atoms with Gasteiger partial charge in [0.05, 0.1) is 5.02 Å². The van der Waals surface area contributed by atoms with Crippen molar-refractivity contribution in [3.05, 3.63) is 75.8 Å². The smallest absolute Gasteiger partial charge is 0.268 e. The first-order valence-electron chi connectivity index (χ1n) is 9.55. The average molecular weight is 454 g/mol. The number of halogens is 1. The standard InChI is InChI=1S/C23H20ClN3O3S/c1-2-16-3-6-19(7-4-16)29-10-11-30-21-8-5-17(14-20(21)24)13-18(15-25)22(28)27-23-26-9-12-31-23/h3-9,12-14H,2,10-11H2,1H3,(H,26,27,28)/b18-13-. The Kier molecular flexibility index (Phi) is 8.05. The number of hydrogen-bond acceptors (Lipinski definition) is 6. The first kappa shape index (κ1) is 22.3. The molecule has 2 aromatic carbocycles. The van der Waals surface area contributed by atoms with Gasteiger partial charge in [-0.25, -0.2) is 4.98 Å². The van der Waals surface area contributed by atoms with Gasteiger partial charge in [-0.05, 0) is 47.9 Å². The molecule has 1 aromatic heterocycles. The van der Waals surface area contributed by atoms with Gasteiger partial charge in [0, 0.05) is 11.6 Å². The van der Waals surface area contributed by atoms with Crippen LogP contribution >= 0.6 is 22.9 Å². The molecule has 3 rings (SSSR count). The van der Waals surface area contributed by atoms with Gasteiger partial charge < -0.3 is 9.47 Å². The second-order valence-corrected chi connectivity index (χ2v) is 7.65. The molecule has 31 heavy (non-hydrogen) atoms. The number of aromatic nitrogens is 1. The van der Waals surface area contributed by atoms with Crippen LogP contribution in [0.4, 0.5) is 5.13 Å². The van der Waals surface area contributed by atoms with Crippen LogP contribution < -0.4 is 14.8 Å². The summed E-state index contributed by atoms with van der Waals surface area (Å²) in [5.74, 6) is 0.750. The number of benzene rings is 2. The Morgan fingerprint density at radius 1 is 1.23 bits per heavy atom. The van der Waals surface area contributed by atoms with Crippen LogP contribution in [0.2, 0.25) is 5.02 Å². The van der Waals surface area contributed by atoms with Crippen molar-refractivity contribution < 1.29 is 14.3 Å². The number of anilines is 1. The molecule has 0 saturated carbocycles. The van der Waals surface area contributed by atoms with Gasteiger partial charge >= 0.3 is 0 Å². The maximum absolute atomic E-state index is 12.2. The fraction of sp³-hybridized carbons (Fsp3) is 0.174. The van der Waals surface area contributed by atoms with E-state index in [4.69, 9.17) is 21.1 Å². The molecule has 1 amide bonds. The summed E-state index contributed by atoms with van der Waals surface area (Å²) in [5.41, 5.74) is 1.81. The van der Waals surface area contributed by atoms with E-state index in [0.717, 1.165) is 12.2 Å². The molecule has 0 spiro atoms. The average Bonchev–Trinajstić information content (AvgIpc) is 3.29. The minimum Gasteiger partial charge on any atom is -0.490 e. The van der Waals surface area contributed by atoms with Crippen molar-refractivity contribution in [3.63, 3.8) is 0 Å². The van der Waals surface area contributed by atoms with E-state index < -0.39 is 5.91 Å². The van der Waals surface area contributed by atoms with Crippen LogP contribution in [0.1, 0.15) is 18.1 Å². The van der Waals surface area contributed by atoms with Gasteiger partial charge in [-0.2, -0.15) is 5.26 Å². The number of nitrogens with one attached hydrogen (secondary N) is 1. The molecule has 0 radical (unpaired) electrons. The van der Waals surface area contributed by atoms with E-state index in [0.29, 0.717) is 34.7 Å². The lowest BCUT2D eigenvalue weighted by molar-refractivity contribution is -0.112. The zero-order valence-electron chi connectivity index (χ0n) is 16.8. The summed E-state index contributed by atoms with van der Waals surface area (Å²) in [6.45, 7) is 2.80. The van der Waals surface area contributed by atoms with Crippen molar-refractivity contribution in [1.82, 2.24) is 4.98 Å². The lowest BCUT2D eigenvalue weighted by atomic mass is 10.1. The number of nitriles is 1. The van der Waals surface area contributed by atoms with Crippen molar-refractivity contribution >= 4 is 40.1 Å². The van der Waals surface area contributed by atoms with Crippen LogP contribution in [0.5, 0.6) is 11.5 Å². The third kappa shape index (κ3) is 6.57. The fourth-order valence-electron chi connectivity index (χ4n) is 2.62. The van der Waals surface area contributed by atoms with Crippen LogP contribution in [0.15, 0.2) is 59.6 Å². The quantitative estimate of drug-likeness (QED) is 0.268. The summed E-state index contributed by atoms with van der Waals surface area (Å²) in [5, 5.41) is 14.4. The summed E-state index contributed by atoms with van der Waals surface area (Å²) in [7, 11) is 0. The second kappa shape index (κ2) is 11.2. The minimum absolute atomic E-state index is 0.0533. The maximum Gasteiger partial charge on any atom is 0.268 e. The molecule has 0 aliphatic rings. The molecule has 0 saturated heterocycles. The molecule has 0 atom stereocenters. The first-order valence-corrected chi connectivity index (χ1v) is 10.8. The highest BCUT2D eigenvalue weighted by Gasteiger charge is 2.11. The van der Waals surface area contributed by atoms with Gasteiger partial charge in [-0.15, -0.1) is 11.3 Å². The Labute approximate surface area is 189 Å². The van der Waals surface area contributed by atoms with Gasteiger partial charge in [0.25, 0.3) is 5.91 Å². The predicted octanol–water partition coefficient (Wildman–Crippen LogP) is 5.36. The van der Waals surface area contributed by atoms with Crippen molar-refractivity contribution in [2.75, 3.05) is 18.5 Å². The van der Waals surface area contributed by atoms with Crippen molar-refractivity contribution in [2.45, 2.75) is 13.3 Å². The molecule has 0 unspecified atom stereocenters. The van der Waals surface area contributed by atoms with Crippen molar-refractivity contribution in [1.29, 1.82) is 5.26 Å². The van der Waals surface area contributed by atoms with E-state index in [1.54, 1.807) is 29.8 Å². The number of nitrogens with zero attached hydrogens (tertiary/aromatic N) is 2. The summed E-state index contributed by atoms with van der Waals surface area (Å²) in [6.07, 6.45) is 4.02. The van der Waals surface area contributed by atoms with Crippen molar-refractivity contribution in [3.8, 4) is 17.6 Å². The Morgan fingerprint density at radius 3 is 2.65 bits per heavy atom. The number of rotatable bonds is 9. The molecule has 1 N–H and O–H groups in total. The molecule has 3 aromatic rings. The molecule has 6 nitrogen and oxygen atoms in total. The van der Waals surface area contributed by atoms with Crippen LogP contribution in [-0.4, -0.2) is 24.1 Å². The Hall–Kier alpha value is -3.34. The molecule has 1 heterocycles. The Balaban J connectivity index is 1.55. The number of amides is 1. The summed E-state index contributed by atoms with van der Waals surface area (Å²) in [4.78, 5) is 16.2. The van der Waals surface area contributed by atoms with E-state index in [-0.39, 0.29) is 5.57 Å². The van der Waals surface area contributed by atoms with Crippen LogP contribution in [-0.2, 0) is 11.2 Å². The lowest BCUT2D eigenvalue weighted by Gasteiger charge is -2.10. The fourth-order valence-corrected chi connectivity index (χ4v) is 3.39. The van der Waals surface area contributed by atoms with Gasteiger partial charge in [0.2, 0.25) is 0 Å². The molecule has 0 bridgehead atoms. The summed E-state index contributed by atoms with van der Waals surface area (Å²) >= 11 is 7.56.